The second-order valence-corrected chi connectivity index (χ2v) is 8.60. The highest BCUT2D eigenvalue weighted by Gasteiger charge is 2.25. The molecule has 156 valence electrons. The van der Waals surface area contributed by atoms with Gasteiger partial charge in [0.25, 0.3) is 0 Å². The van der Waals surface area contributed by atoms with E-state index in [-0.39, 0.29) is 11.8 Å². The highest BCUT2D eigenvalue weighted by Crippen LogP contribution is 2.14. The van der Waals surface area contributed by atoms with Gasteiger partial charge >= 0.3 is 0 Å². The number of hydrogen-bond acceptors (Lipinski definition) is 3. The largest absolute Gasteiger partial charge is 0.354 e. The van der Waals surface area contributed by atoms with Crippen LogP contribution in [0, 0.1) is 5.92 Å². The summed E-state index contributed by atoms with van der Waals surface area (Å²) >= 11 is 1.59. The molecule has 0 unspecified atom stereocenters. The van der Waals surface area contributed by atoms with Crippen LogP contribution in [0.4, 0.5) is 0 Å². The fraction of sp³-hybridized carbons (Fsp3) is 0.417. The van der Waals surface area contributed by atoms with Crippen LogP contribution in [0.1, 0.15) is 31.9 Å². The molecule has 29 heavy (non-hydrogen) atoms. The van der Waals surface area contributed by atoms with Crippen LogP contribution in [0.15, 0.2) is 60.7 Å². The topological polar surface area (TPSA) is 49.4 Å². The Morgan fingerprint density at radius 2 is 1.52 bits per heavy atom. The predicted octanol–water partition coefficient (Wildman–Crippen LogP) is 4.15. The Labute approximate surface area is 179 Å². The summed E-state index contributed by atoms with van der Waals surface area (Å²) in [6.45, 7) is 7.09. The van der Waals surface area contributed by atoms with Crippen LogP contribution in [0.5, 0.6) is 0 Å². The molecule has 0 spiro atoms. The van der Waals surface area contributed by atoms with Gasteiger partial charge in [-0.2, -0.15) is 0 Å². The number of amides is 2. The van der Waals surface area contributed by atoms with Crippen molar-refractivity contribution in [3.05, 3.63) is 71.8 Å². The molecular weight excluding hydrogens is 380 g/mol. The molecule has 1 N–H and O–H groups in total. The average molecular weight is 413 g/mol. The minimum atomic E-state index is -0.484. The fourth-order valence-corrected chi connectivity index (χ4v) is 3.81. The molecule has 0 aromatic heterocycles. The maximum absolute atomic E-state index is 13.0. The zero-order chi connectivity index (χ0) is 21.1. The van der Waals surface area contributed by atoms with Crippen LogP contribution in [0.2, 0.25) is 0 Å². The molecule has 2 amide bonds. The molecule has 0 bridgehead atoms. The van der Waals surface area contributed by atoms with Crippen molar-refractivity contribution in [1.82, 2.24) is 10.2 Å². The fourth-order valence-electron chi connectivity index (χ4n) is 2.94. The van der Waals surface area contributed by atoms with E-state index in [9.17, 15) is 9.59 Å². The van der Waals surface area contributed by atoms with E-state index in [1.807, 2.05) is 43.3 Å². The SMILES string of the molecule is CC(C)CNC(=O)[C@@H](C)N(CCc1ccccc1)C(=O)CSCc1ccccc1. The first-order valence-electron chi connectivity index (χ1n) is 10.2. The van der Waals surface area contributed by atoms with Crippen molar-refractivity contribution >= 4 is 23.6 Å². The van der Waals surface area contributed by atoms with Gasteiger partial charge in [0.15, 0.2) is 0 Å². The van der Waals surface area contributed by atoms with Crippen molar-refractivity contribution in [2.24, 2.45) is 5.92 Å². The van der Waals surface area contributed by atoms with Crippen LogP contribution in [0.3, 0.4) is 0 Å². The molecule has 0 heterocycles. The Bertz CT molecular complexity index is 750. The maximum atomic E-state index is 13.0. The minimum Gasteiger partial charge on any atom is -0.354 e. The molecule has 5 heteroatoms. The standard InChI is InChI=1S/C24H32N2O2S/c1-19(2)16-25-24(28)20(3)26(15-14-21-10-6-4-7-11-21)23(27)18-29-17-22-12-8-5-9-13-22/h4-13,19-20H,14-18H2,1-3H3,(H,25,28)/t20-/m1/s1. The number of carbonyl (C=O) groups excluding carboxylic acids is 2. The summed E-state index contributed by atoms with van der Waals surface area (Å²) < 4.78 is 0. The Hall–Kier alpha value is -2.27. The Balaban J connectivity index is 1.97. The third-order valence-electron chi connectivity index (χ3n) is 4.67. The number of benzene rings is 2. The molecule has 1 atom stereocenters. The molecule has 2 aromatic rings. The molecule has 2 aromatic carbocycles. The Kier molecular flexibility index (Phi) is 9.78. The summed E-state index contributed by atoms with van der Waals surface area (Å²) in [6.07, 6.45) is 0.734. The van der Waals surface area contributed by atoms with E-state index in [4.69, 9.17) is 0 Å². The van der Waals surface area contributed by atoms with Gasteiger partial charge in [0.2, 0.25) is 11.8 Å². The number of carbonyl (C=O) groups is 2. The van der Waals surface area contributed by atoms with Gasteiger partial charge in [-0.05, 0) is 30.4 Å². The van der Waals surface area contributed by atoms with Crippen LogP contribution in [0.25, 0.3) is 0 Å². The normalized spacial score (nSPS) is 11.9. The lowest BCUT2D eigenvalue weighted by Crippen LogP contribution is -2.50. The lowest BCUT2D eigenvalue weighted by atomic mass is 10.1. The maximum Gasteiger partial charge on any atom is 0.242 e. The van der Waals surface area contributed by atoms with Gasteiger partial charge in [0.1, 0.15) is 6.04 Å². The van der Waals surface area contributed by atoms with Crippen LogP contribution in [-0.2, 0) is 21.8 Å². The Morgan fingerprint density at radius 1 is 0.931 bits per heavy atom. The molecule has 0 aliphatic heterocycles. The van der Waals surface area contributed by atoms with Crippen molar-refractivity contribution in [2.45, 2.75) is 39.0 Å². The molecule has 0 saturated heterocycles. The van der Waals surface area contributed by atoms with E-state index >= 15 is 0 Å². The molecule has 2 rings (SSSR count). The lowest BCUT2D eigenvalue weighted by molar-refractivity contribution is -0.138. The van der Waals surface area contributed by atoms with Gasteiger partial charge in [0, 0.05) is 18.8 Å². The van der Waals surface area contributed by atoms with Crippen molar-refractivity contribution in [1.29, 1.82) is 0 Å². The minimum absolute atomic E-state index is 0.00839. The zero-order valence-corrected chi connectivity index (χ0v) is 18.5. The molecule has 4 nitrogen and oxygen atoms in total. The van der Waals surface area contributed by atoms with E-state index in [0.29, 0.717) is 24.8 Å². The lowest BCUT2D eigenvalue weighted by Gasteiger charge is -2.29. The highest BCUT2D eigenvalue weighted by atomic mass is 32.2. The van der Waals surface area contributed by atoms with Crippen LogP contribution in [-0.4, -0.2) is 41.6 Å². The zero-order valence-electron chi connectivity index (χ0n) is 17.6. The van der Waals surface area contributed by atoms with Crippen molar-refractivity contribution in [3.63, 3.8) is 0 Å². The first-order valence-corrected chi connectivity index (χ1v) is 11.4. The number of hydrogen-bond donors (Lipinski definition) is 1. The van der Waals surface area contributed by atoms with Gasteiger partial charge in [-0.1, -0.05) is 74.5 Å². The third-order valence-corrected chi connectivity index (χ3v) is 5.66. The molecule has 0 saturated carbocycles. The first-order chi connectivity index (χ1) is 14.0. The molecule has 0 radical (unpaired) electrons. The summed E-state index contributed by atoms with van der Waals surface area (Å²) in [5.74, 6) is 1.45. The molecule has 0 aliphatic carbocycles. The van der Waals surface area contributed by atoms with Crippen molar-refractivity contribution in [3.8, 4) is 0 Å². The Morgan fingerprint density at radius 3 is 2.10 bits per heavy atom. The van der Waals surface area contributed by atoms with Crippen molar-refractivity contribution in [2.75, 3.05) is 18.8 Å². The summed E-state index contributed by atoms with van der Waals surface area (Å²) in [6, 6.07) is 19.7. The number of nitrogens with zero attached hydrogens (tertiary/aromatic N) is 1. The van der Waals surface area contributed by atoms with Crippen LogP contribution < -0.4 is 5.32 Å². The number of rotatable bonds is 11. The van der Waals surface area contributed by atoms with Gasteiger partial charge in [0.05, 0.1) is 5.75 Å². The summed E-state index contributed by atoms with van der Waals surface area (Å²) in [5.41, 5.74) is 2.36. The van der Waals surface area contributed by atoms with E-state index in [1.54, 1.807) is 16.7 Å². The third kappa shape index (κ3) is 8.32. The van der Waals surface area contributed by atoms with Gasteiger partial charge in [-0.25, -0.2) is 0 Å². The average Bonchev–Trinajstić information content (AvgIpc) is 2.73. The molecule has 0 aliphatic rings. The number of thioether (sulfide) groups is 1. The second kappa shape index (κ2) is 12.3. The van der Waals surface area contributed by atoms with Gasteiger partial charge in [-0.15, -0.1) is 11.8 Å². The van der Waals surface area contributed by atoms with E-state index in [1.165, 1.54) is 5.56 Å². The van der Waals surface area contributed by atoms with E-state index < -0.39 is 6.04 Å². The van der Waals surface area contributed by atoms with E-state index in [0.717, 1.165) is 17.7 Å². The monoisotopic (exact) mass is 412 g/mol. The second-order valence-electron chi connectivity index (χ2n) is 7.62. The molecule has 0 fully saturated rings. The van der Waals surface area contributed by atoms with Crippen molar-refractivity contribution < 1.29 is 9.59 Å². The summed E-state index contributed by atoms with van der Waals surface area (Å²) in [7, 11) is 0. The molecular formula is C24H32N2O2S. The summed E-state index contributed by atoms with van der Waals surface area (Å²) in [5, 5.41) is 2.96. The van der Waals surface area contributed by atoms with Gasteiger partial charge < -0.3 is 10.2 Å². The van der Waals surface area contributed by atoms with Crippen LogP contribution >= 0.6 is 11.8 Å². The highest BCUT2D eigenvalue weighted by molar-refractivity contribution is 7.99. The smallest absolute Gasteiger partial charge is 0.242 e. The van der Waals surface area contributed by atoms with E-state index in [2.05, 4.69) is 43.4 Å². The summed E-state index contributed by atoms with van der Waals surface area (Å²) in [4.78, 5) is 27.3. The quantitative estimate of drug-likeness (QED) is 0.603. The first kappa shape index (κ1) is 23.0. The predicted molar refractivity (Wildman–Crippen MR) is 122 cm³/mol. The van der Waals surface area contributed by atoms with Gasteiger partial charge in [-0.3, -0.25) is 9.59 Å². The number of nitrogens with one attached hydrogen (secondary N) is 1.